The average Bonchev–Trinajstić information content (AvgIpc) is 3.10. The Labute approximate surface area is 127 Å². The number of hydrogen-bond acceptors (Lipinski definition) is 3. The Morgan fingerprint density at radius 1 is 1.52 bits per heavy atom. The first kappa shape index (κ1) is 16.2. The Kier molecular flexibility index (Phi) is 4.55. The van der Waals surface area contributed by atoms with E-state index in [1.165, 1.54) is 0 Å². The van der Waals surface area contributed by atoms with Gasteiger partial charge in [0.1, 0.15) is 10.7 Å². The van der Waals surface area contributed by atoms with Crippen molar-refractivity contribution in [3.05, 3.63) is 28.5 Å². The smallest absolute Gasteiger partial charge is 0.254 e. The molecule has 116 valence electrons. The Morgan fingerprint density at radius 2 is 2.14 bits per heavy atom. The highest BCUT2D eigenvalue weighted by molar-refractivity contribution is 7.89. The van der Waals surface area contributed by atoms with Crippen LogP contribution in [0.15, 0.2) is 17.0 Å². The Morgan fingerprint density at radius 3 is 2.67 bits per heavy atom. The Bertz CT molecular complexity index is 674. The van der Waals surface area contributed by atoms with Gasteiger partial charge in [-0.2, -0.15) is 0 Å². The number of sulfonamides is 1. The van der Waals surface area contributed by atoms with E-state index in [0.29, 0.717) is 5.92 Å². The van der Waals surface area contributed by atoms with Gasteiger partial charge in [-0.3, -0.25) is 4.79 Å². The molecular formula is C13H16ClFN2O3S. The predicted molar refractivity (Wildman–Crippen MR) is 77.1 cm³/mol. The van der Waals surface area contributed by atoms with Gasteiger partial charge in [-0.15, -0.1) is 0 Å². The summed E-state index contributed by atoms with van der Waals surface area (Å²) in [6, 6.07) is 1.53. The van der Waals surface area contributed by atoms with Gasteiger partial charge in [0.25, 0.3) is 5.91 Å². The van der Waals surface area contributed by atoms with Crippen LogP contribution in [0, 0.1) is 11.7 Å². The molecule has 1 amide bonds. The lowest BCUT2D eigenvalue weighted by Crippen LogP contribution is -2.33. The maximum absolute atomic E-state index is 13.8. The topological polar surface area (TPSA) is 89.3 Å². The van der Waals surface area contributed by atoms with Crippen LogP contribution in [0.3, 0.4) is 0 Å². The van der Waals surface area contributed by atoms with Crippen LogP contribution >= 0.6 is 11.6 Å². The van der Waals surface area contributed by atoms with Crippen molar-refractivity contribution in [1.82, 2.24) is 5.32 Å². The van der Waals surface area contributed by atoms with Gasteiger partial charge in [0.2, 0.25) is 10.0 Å². The molecule has 0 bridgehead atoms. The van der Waals surface area contributed by atoms with Crippen LogP contribution in [0.25, 0.3) is 0 Å². The molecular weight excluding hydrogens is 319 g/mol. The fourth-order valence-corrected chi connectivity index (χ4v) is 3.22. The summed E-state index contributed by atoms with van der Waals surface area (Å²) in [6.45, 7) is 1.82. The number of halogens is 2. The molecule has 3 N–H and O–H groups in total. The predicted octanol–water partition coefficient (Wildman–Crippen LogP) is 2.04. The quantitative estimate of drug-likeness (QED) is 0.863. The second kappa shape index (κ2) is 5.90. The molecule has 1 aromatic carbocycles. The van der Waals surface area contributed by atoms with Crippen molar-refractivity contribution in [3.63, 3.8) is 0 Å². The minimum absolute atomic E-state index is 0.113. The van der Waals surface area contributed by atoms with E-state index in [4.69, 9.17) is 16.7 Å². The third-order valence-corrected chi connectivity index (χ3v) is 4.71. The van der Waals surface area contributed by atoms with E-state index in [0.717, 1.165) is 31.4 Å². The molecule has 2 rings (SSSR count). The zero-order chi connectivity index (χ0) is 15.8. The molecule has 0 heterocycles. The first-order chi connectivity index (χ1) is 9.68. The summed E-state index contributed by atoms with van der Waals surface area (Å²) in [5, 5.41) is 7.29. The monoisotopic (exact) mass is 334 g/mol. The fraction of sp³-hybridized carbons (Fsp3) is 0.462. The molecule has 0 radical (unpaired) electrons. The molecule has 1 saturated carbocycles. The summed E-state index contributed by atoms with van der Waals surface area (Å²) < 4.78 is 36.5. The van der Waals surface area contributed by atoms with Crippen molar-refractivity contribution >= 4 is 27.5 Å². The van der Waals surface area contributed by atoms with Crippen molar-refractivity contribution in [2.75, 3.05) is 0 Å². The molecule has 0 saturated heterocycles. The van der Waals surface area contributed by atoms with Crippen molar-refractivity contribution in [1.29, 1.82) is 0 Å². The third kappa shape index (κ3) is 4.15. The summed E-state index contributed by atoms with van der Waals surface area (Å²) in [5.41, 5.74) is -0.383. The van der Waals surface area contributed by atoms with Gasteiger partial charge in [-0.25, -0.2) is 17.9 Å². The van der Waals surface area contributed by atoms with Crippen LogP contribution in [0.2, 0.25) is 5.02 Å². The summed E-state index contributed by atoms with van der Waals surface area (Å²) in [6.07, 6.45) is 3.11. The van der Waals surface area contributed by atoms with Crippen LogP contribution in [-0.4, -0.2) is 20.4 Å². The van der Waals surface area contributed by atoms with Crippen molar-refractivity contribution in [3.8, 4) is 0 Å². The molecule has 0 aromatic heterocycles. The van der Waals surface area contributed by atoms with E-state index in [9.17, 15) is 17.6 Å². The molecule has 21 heavy (non-hydrogen) atoms. The lowest BCUT2D eigenvalue weighted by molar-refractivity contribution is 0.0933. The second-order valence-electron chi connectivity index (χ2n) is 5.36. The number of primary sulfonamides is 1. The Hall–Kier alpha value is -1.18. The van der Waals surface area contributed by atoms with E-state index in [1.807, 2.05) is 6.92 Å². The highest BCUT2D eigenvalue weighted by Gasteiger charge is 2.26. The molecule has 1 aromatic rings. The summed E-state index contributed by atoms with van der Waals surface area (Å²) in [4.78, 5) is 11.6. The molecule has 0 aliphatic heterocycles. The van der Waals surface area contributed by atoms with Gasteiger partial charge in [-0.1, -0.05) is 24.4 Å². The summed E-state index contributed by atoms with van der Waals surface area (Å²) in [5.74, 6) is -0.957. The largest absolute Gasteiger partial charge is 0.349 e. The van der Waals surface area contributed by atoms with Crippen LogP contribution in [0.5, 0.6) is 0 Å². The van der Waals surface area contributed by atoms with Crippen LogP contribution in [-0.2, 0) is 10.0 Å². The van der Waals surface area contributed by atoms with Gasteiger partial charge in [0.15, 0.2) is 0 Å². The molecule has 1 unspecified atom stereocenters. The maximum atomic E-state index is 13.8. The molecule has 1 atom stereocenters. The number of amides is 1. The third-order valence-electron chi connectivity index (χ3n) is 3.33. The normalized spacial score (nSPS) is 16.6. The number of carbonyl (C=O) groups is 1. The molecule has 1 aliphatic carbocycles. The molecule has 8 heteroatoms. The van der Waals surface area contributed by atoms with Crippen LogP contribution in [0.1, 0.15) is 36.5 Å². The molecule has 1 aliphatic rings. The van der Waals surface area contributed by atoms with Crippen LogP contribution in [0.4, 0.5) is 4.39 Å². The number of rotatable bonds is 5. The fourth-order valence-electron chi connectivity index (χ4n) is 2.14. The van der Waals surface area contributed by atoms with Crippen molar-refractivity contribution in [2.24, 2.45) is 11.1 Å². The van der Waals surface area contributed by atoms with E-state index >= 15 is 0 Å². The number of hydrogen-bond donors (Lipinski definition) is 2. The standard InChI is InChI=1S/C13H16ClFN2O3S/c1-7(4-8-2-3-8)17-13(18)9-5-12(21(16,19)20)10(14)6-11(9)15/h5-8H,2-4H2,1H3,(H,17,18)(H2,16,19,20). The van der Waals surface area contributed by atoms with Gasteiger partial charge in [-0.05, 0) is 31.4 Å². The number of nitrogens with two attached hydrogens (primary N) is 1. The van der Waals surface area contributed by atoms with E-state index in [1.54, 1.807) is 0 Å². The molecule has 0 spiro atoms. The highest BCUT2D eigenvalue weighted by Crippen LogP contribution is 2.33. The first-order valence-corrected chi connectivity index (χ1v) is 8.43. The molecule has 1 fully saturated rings. The summed E-state index contributed by atoms with van der Waals surface area (Å²) in [7, 11) is -4.12. The zero-order valence-electron chi connectivity index (χ0n) is 11.4. The minimum Gasteiger partial charge on any atom is -0.349 e. The zero-order valence-corrected chi connectivity index (χ0v) is 13.0. The summed E-state index contributed by atoms with van der Waals surface area (Å²) >= 11 is 5.64. The van der Waals surface area contributed by atoms with Gasteiger partial charge in [0, 0.05) is 6.04 Å². The Balaban J connectivity index is 2.23. The number of benzene rings is 1. The van der Waals surface area contributed by atoms with Crippen LogP contribution < -0.4 is 10.5 Å². The first-order valence-electron chi connectivity index (χ1n) is 6.51. The highest BCUT2D eigenvalue weighted by atomic mass is 35.5. The maximum Gasteiger partial charge on any atom is 0.254 e. The number of carbonyl (C=O) groups excluding carboxylic acids is 1. The van der Waals surface area contributed by atoms with E-state index < -0.39 is 26.6 Å². The lowest BCUT2D eigenvalue weighted by atomic mass is 10.1. The molecule has 5 nitrogen and oxygen atoms in total. The lowest BCUT2D eigenvalue weighted by Gasteiger charge is -2.14. The van der Waals surface area contributed by atoms with Crippen molar-refractivity contribution < 1.29 is 17.6 Å². The van der Waals surface area contributed by atoms with Gasteiger partial charge >= 0.3 is 0 Å². The van der Waals surface area contributed by atoms with Crippen molar-refractivity contribution in [2.45, 2.75) is 37.1 Å². The van der Waals surface area contributed by atoms with Gasteiger partial charge in [0.05, 0.1) is 10.6 Å². The van der Waals surface area contributed by atoms with E-state index in [-0.39, 0.29) is 16.6 Å². The van der Waals surface area contributed by atoms with Gasteiger partial charge < -0.3 is 5.32 Å². The SMILES string of the molecule is CC(CC1CC1)NC(=O)c1cc(S(N)(=O)=O)c(Cl)cc1F. The minimum atomic E-state index is -4.12. The van der Waals surface area contributed by atoms with E-state index in [2.05, 4.69) is 5.32 Å². The second-order valence-corrected chi connectivity index (χ2v) is 7.30. The average molecular weight is 335 g/mol. The number of nitrogens with one attached hydrogen (secondary N) is 1.